The van der Waals surface area contributed by atoms with Crippen molar-refractivity contribution in [1.29, 1.82) is 0 Å². The van der Waals surface area contributed by atoms with Crippen LogP contribution in [0.2, 0.25) is 0 Å². The molecule has 33 heavy (non-hydrogen) atoms. The summed E-state index contributed by atoms with van der Waals surface area (Å²) in [5, 5.41) is 3.53. The van der Waals surface area contributed by atoms with Gasteiger partial charge in [0.25, 0.3) is 0 Å². The minimum Gasteiger partial charge on any atom is -0.356 e. The zero-order chi connectivity index (χ0) is 23.6. The second-order valence-electron chi connectivity index (χ2n) is 10.9. The summed E-state index contributed by atoms with van der Waals surface area (Å²) in [6, 6.07) is 34.9. The summed E-state index contributed by atoms with van der Waals surface area (Å²) in [5.41, 5.74) is 10.2. The highest BCUT2D eigenvalue weighted by molar-refractivity contribution is 5.71. The standard InChI is InChI=1S/C32H35N/c1-31(2,3)27-20-26(21-28(22-27)32(4,5)6)25-14-18-30(19-15-25)33-29-16-12-24(13-17-29)23-10-8-7-9-11-23/h7-22,33H,1-6H3. The van der Waals surface area contributed by atoms with Gasteiger partial charge in [0.2, 0.25) is 0 Å². The highest BCUT2D eigenvalue weighted by Crippen LogP contribution is 2.34. The molecule has 1 N–H and O–H groups in total. The van der Waals surface area contributed by atoms with Crippen LogP contribution >= 0.6 is 0 Å². The first-order chi connectivity index (χ1) is 15.6. The van der Waals surface area contributed by atoms with E-state index in [2.05, 4.69) is 138 Å². The number of hydrogen-bond acceptors (Lipinski definition) is 1. The Morgan fingerprint density at radius 1 is 0.424 bits per heavy atom. The molecular formula is C32H35N. The van der Waals surface area contributed by atoms with Gasteiger partial charge in [0.05, 0.1) is 0 Å². The first kappa shape index (κ1) is 22.9. The van der Waals surface area contributed by atoms with Crippen LogP contribution in [0.3, 0.4) is 0 Å². The molecule has 0 fully saturated rings. The minimum absolute atomic E-state index is 0.115. The molecule has 0 saturated carbocycles. The monoisotopic (exact) mass is 433 g/mol. The molecule has 168 valence electrons. The van der Waals surface area contributed by atoms with Gasteiger partial charge in [-0.05, 0) is 68.5 Å². The summed E-state index contributed by atoms with van der Waals surface area (Å²) in [6.45, 7) is 13.7. The van der Waals surface area contributed by atoms with Gasteiger partial charge in [-0.15, -0.1) is 0 Å². The summed E-state index contributed by atoms with van der Waals surface area (Å²) in [6.07, 6.45) is 0. The summed E-state index contributed by atoms with van der Waals surface area (Å²) < 4.78 is 0. The van der Waals surface area contributed by atoms with Gasteiger partial charge < -0.3 is 5.32 Å². The van der Waals surface area contributed by atoms with Crippen LogP contribution < -0.4 is 5.32 Å². The van der Waals surface area contributed by atoms with Crippen molar-refractivity contribution < 1.29 is 0 Å². The molecule has 0 aliphatic rings. The normalized spacial score (nSPS) is 11.9. The fourth-order valence-corrected chi connectivity index (χ4v) is 3.95. The van der Waals surface area contributed by atoms with Crippen molar-refractivity contribution in [1.82, 2.24) is 0 Å². The van der Waals surface area contributed by atoms with E-state index >= 15 is 0 Å². The smallest absolute Gasteiger partial charge is 0.0384 e. The van der Waals surface area contributed by atoms with Crippen LogP contribution in [0, 0.1) is 0 Å². The Labute approximate surface area is 199 Å². The van der Waals surface area contributed by atoms with Crippen molar-refractivity contribution in [2.45, 2.75) is 52.4 Å². The van der Waals surface area contributed by atoms with Gasteiger partial charge in [0, 0.05) is 11.4 Å². The van der Waals surface area contributed by atoms with Gasteiger partial charge >= 0.3 is 0 Å². The molecule has 0 saturated heterocycles. The topological polar surface area (TPSA) is 12.0 Å². The largest absolute Gasteiger partial charge is 0.356 e. The van der Waals surface area contributed by atoms with Gasteiger partial charge in [0.1, 0.15) is 0 Å². The van der Waals surface area contributed by atoms with E-state index in [1.807, 2.05) is 6.07 Å². The van der Waals surface area contributed by atoms with E-state index in [1.54, 1.807) is 0 Å². The molecular weight excluding hydrogens is 398 g/mol. The fraction of sp³-hybridized carbons (Fsp3) is 0.250. The summed E-state index contributed by atoms with van der Waals surface area (Å²) in [7, 11) is 0. The predicted molar refractivity (Wildman–Crippen MR) is 144 cm³/mol. The maximum atomic E-state index is 3.53. The number of hydrogen-bond donors (Lipinski definition) is 1. The molecule has 0 unspecified atom stereocenters. The summed E-state index contributed by atoms with van der Waals surface area (Å²) >= 11 is 0. The van der Waals surface area contributed by atoms with Crippen LogP contribution in [0.25, 0.3) is 22.3 Å². The van der Waals surface area contributed by atoms with Gasteiger partial charge in [-0.3, -0.25) is 0 Å². The number of anilines is 2. The predicted octanol–water partition coefficient (Wildman–Crippen LogP) is 9.36. The molecule has 1 nitrogen and oxygen atoms in total. The minimum atomic E-state index is 0.115. The van der Waals surface area contributed by atoms with Crippen LogP contribution in [-0.2, 0) is 10.8 Å². The molecule has 4 aromatic carbocycles. The number of nitrogens with one attached hydrogen (secondary N) is 1. The zero-order valence-electron chi connectivity index (χ0n) is 20.7. The second kappa shape index (κ2) is 8.90. The van der Waals surface area contributed by atoms with Crippen molar-refractivity contribution in [3.05, 3.63) is 108 Å². The third-order valence-corrected chi connectivity index (χ3v) is 6.16. The Morgan fingerprint density at radius 3 is 1.24 bits per heavy atom. The van der Waals surface area contributed by atoms with E-state index < -0.39 is 0 Å². The third kappa shape index (κ3) is 5.54. The average molecular weight is 434 g/mol. The molecule has 1 heteroatoms. The molecule has 0 radical (unpaired) electrons. The highest BCUT2D eigenvalue weighted by atomic mass is 14.9. The molecule has 0 aliphatic heterocycles. The Kier molecular flexibility index (Phi) is 6.17. The zero-order valence-corrected chi connectivity index (χ0v) is 20.7. The average Bonchev–Trinajstić information content (AvgIpc) is 2.79. The maximum Gasteiger partial charge on any atom is 0.0384 e. The third-order valence-electron chi connectivity index (χ3n) is 6.16. The summed E-state index contributed by atoms with van der Waals surface area (Å²) in [5.74, 6) is 0. The molecule has 0 spiro atoms. The van der Waals surface area contributed by atoms with Crippen molar-refractivity contribution in [3.8, 4) is 22.3 Å². The Bertz CT molecular complexity index is 1170. The van der Waals surface area contributed by atoms with E-state index in [0.29, 0.717) is 0 Å². The van der Waals surface area contributed by atoms with E-state index in [1.165, 1.54) is 33.4 Å². The molecule has 4 rings (SSSR count). The Balaban J connectivity index is 1.56. The molecule has 0 heterocycles. The fourth-order valence-electron chi connectivity index (χ4n) is 3.95. The molecule has 0 aliphatic carbocycles. The van der Waals surface area contributed by atoms with E-state index in [4.69, 9.17) is 0 Å². The van der Waals surface area contributed by atoms with Crippen LogP contribution in [0.4, 0.5) is 11.4 Å². The van der Waals surface area contributed by atoms with Crippen molar-refractivity contribution in [2.75, 3.05) is 5.32 Å². The number of benzene rings is 4. The van der Waals surface area contributed by atoms with Gasteiger partial charge in [0.15, 0.2) is 0 Å². The van der Waals surface area contributed by atoms with Gasteiger partial charge in [-0.25, -0.2) is 0 Å². The van der Waals surface area contributed by atoms with Crippen LogP contribution in [0.5, 0.6) is 0 Å². The lowest BCUT2D eigenvalue weighted by atomic mass is 9.79. The lowest BCUT2D eigenvalue weighted by Crippen LogP contribution is -2.16. The molecule has 4 aromatic rings. The maximum absolute atomic E-state index is 3.53. The SMILES string of the molecule is CC(C)(C)c1cc(-c2ccc(Nc3ccc(-c4ccccc4)cc3)cc2)cc(C(C)(C)C)c1. The first-order valence-corrected chi connectivity index (χ1v) is 11.8. The van der Waals surface area contributed by atoms with Gasteiger partial charge in [-0.2, -0.15) is 0 Å². The van der Waals surface area contributed by atoms with Crippen molar-refractivity contribution in [3.63, 3.8) is 0 Å². The second-order valence-corrected chi connectivity index (χ2v) is 10.9. The van der Waals surface area contributed by atoms with E-state index in [0.717, 1.165) is 11.4 Å². The quantitative estimate of drug-likeness (QED) is 0.338. The lowest BCUT2D eigenvalue weighted by Gasteiger charge is -2.26. The van der Waals surface area contributed by atoms with E-state index in [-0.39, 0.29) is 10.8 Å². The Morgan fingerprint density at radius 2 is 0.818 bits per heavy atom. The molecule has 0 bridgehead atoms. The molecule has 0 aromatic heterocycles. The molecule has 0 atom stereocenters. The first-order valence-electron chi connectivity index (χ1n) is 11.8. The van der Waals surface area contributed by atoms with Crippen LogP contribution in [0.15, 0.2) is 97.1 Å². The van der Waals surface area contributed by atoms with Crippen molar-refractivity contribution >= 4 is 11.4 Å². The van der Waals surface area contributed by atoms with E-state index in [9.17, 15) is 0 Å². The lowest BCUT2D eigenvalue weighted by molar-refractivity contribution is 0.569. The van der Waals surface area contributed by atoms with Crippen molar-refractivity contribution in [2.24, 2.45) is 0 Å². The van der Waals surface area contributed by atoms with Crippen LogP contribution in [0.1, 0.15) is 52.7 Å². The van der Waals surface area contributed by atoms with Gasteiger partial charge in [-0.1, -0.05) is 114 Å². The highest BCUT2D eigenvalue weighted by Gasteiger charge is 2.20. The Hall–Kier alpha value is -3.32. The number of rotatable bonds is 4. The van der Waals surface area contributed by atoms with Crippen LogP contribution in [-0.4, -0.2) is 0 Å². The molecule has 0 amide bonds. The summed E-state index contributed by atoms with van der Waals surface area (Å²) in [4.78, 5) is 0.